The van der Waals surface area contributed by atoms with E-state index in [1.165, 1.54) is 6.42 Å². The van der Waals surface area contributed by atoms with Crippen molar-refractivity contribution in [2.45, 2.75) is 51.7 Å². The van der Waals surface area contributed by atoms with E-state index in [0.717, 1.165) is 38.0 Å². The molecule has 2 heterocycles. The first-order chi connectivity index (χ1) is 12.9. The van der Waals surface area contributed by atoms with Crippen LogP contribution in [0.5, 0.6) is 0 Å². The number of hydrogen-bond acceptors (Lipinski definition) is 4. The summed E-state index contributed by atoms with van der Waals surface area (Å²) in [4.78, 5) is 14.9. The third-order valence-electron chi connectivity index (χ3n) is 5.62. The number of amides is 1. The average molecular weight is 370 g/mol. The predicted molar refractivity (Wildman–Crippen MR) is 107 cm³/mol. The highest BCUT2D eigenvalue weighted by Crippen LogP contribution is 2.28. The number of carbonyl (C=O) groups excluding carboxylic acids is 1. The molecule has 0 saturated carbocycles. The molecule has 5 heteroatoms. The minimum absolute atomic E-state index is 0.0740. The highest BCUT2D eigenvalue weighted by molar-refractivity contribution is 5.94. The van der Waals surface area contributed by atoms with Crippen LogP contribution >= 0.6 is 0 Å². The number of carbonyl (C=O) groups is 1. The lowest BCUT2D eigenvalue weighted by Gasteiger charge is -2.36. The van der Waals surface area contributed by atoms with Crippen molar-refractivity contribution in [1.29, 1.82) is 0 Å². The summed E-state index contributed by atoms with van der Waals surface area (Å²) in [5.74, 6) is 7.13. The molecule has 2 unspecified atom stereocenters. The van der Waals surface area contributed by atoms with Crippen molar-refractivity contribution in [1.82, 2.24) is 15.8 Å². The van der Waals surface area contributed by atoms with Crippen molar-refractivity contribution in [3.8, 4) is 11.8 Å². The topological polar surface area (TPSA) is 64.6 Å². The van der Waals surface area contributed by atoms with E-state index in [1.807, 2.05) is 29.2 Å². The van der Waals surface area contributed by atoms with Gasteiger partial charge in [0.15, 0.2) is 0 Å². The first-order valence-electron chi connectivity index (χ1n) is 10.0. The van der Waals surface area contributed by atoms with Gasteiger partial charge in [-0.3, -0.25) is 15.6 Å². The fourth-order valence-electron chi connectivity index (χ4n) is 4.05. The van der Waals surface area contributed by atoms with Crippen LogP contribution in [0.15, 0.2) is 24.3 Å². The molecule has 5 nitrogen and oxygen atoms in total. The third kappa shape index (κ3) is 5.10. The van der Waals surface area contributed by atoms with Crippen molar-refractivity contribution in [2.24, 2.45) is 11.8 Å². The molecule has 2 saturated heterocycles. The first-order valence-corrected chi connectivity index (χ1v) is 10.0. The Hall–Kier alpha value is -1.87. The van der Waals surface area contributed by atoms with Gasteiger partial charge in [-0.1, -0.05) is 31.3 Å². The molecule has 2 aliphatic rings. The third-order valence-corrected chi connectivity index (χ3v) is 5.62. The Balaban J connectivity index is 1.61. The summed E-state index contributed by atoms with van der Waals surface area (Å²) in [6.07, 6.45) is 3.27. The van der Waals surface area contributed by atoms with Crippen LogP contribution in [0.1, 0.15) is 56.0 Å². The smallest absolute Gasteiger partial charge is 0.253 e. The minimum atomic E-state index is -1.04. The van der Waals surface area contributed by atoms with Gasteiger partial charge in [0.1, 0.15) is 5.60 Å². The maximum absolute atomic E-state index is 12.9. The van der Waals surface area contributed by atoms with E-state index < -0.39 is 5.60 Å². The van der Waals surface area contributed by atoms with Crippen LogP contribution in [0.2, 0.25) is 0 Å². The van der Waals surface area contributed by atoms with E-state index >= 15 is 0 Å². The molecule has 1 aromatic carbocycles. The van der Waals surface area contributed by atoms with Gasteiger partial charge in [0.05, 0.1) is 0 Å². The van der Waals surface area contributed by atoms with Gasteiger partial charge < -0.3 is 10.0 Å². The minimum Gasteiger partial charge on any atom is -0.378 e. The summed E-state index contributed by atoms with van der Waals surface area (Å²) in [7, 11) is 0. The molecular formula is C22H31N3O2. The average Bonchev–Trinajstić information content (AvgIpc) is 3.14. The summed E-state index contributed by atoms with van der Waals surface area (Å²) < 4.78 is 0. The Bertz CT molecular complexity index is 721. The second-order valence-corrected chi connectivity index (χ2v) is 8.24. The van der Waals surface area contributed by atoms with Crippen LogP contribution in [0.4, 0.5) is 0 Å². The quantitative estimate of drug-likeness (QED) is 0.715. The molecule has 2 atom stereocenters. The van der Waals surface area contributed by atoms with E-state index in [2.05, 4.69) is 29.6 Å². The van der Waals surface area contributed by atoms with E-state index in [4.69, 9.17) is 0 Å². The summed E-state index contributed by atoms with van der Waals surface area (Å²) in [5, 5.41) is 9.75. The Morgan fingerprint density at radius 2 is 2.07 bits per heavy atom. The molecule has 3 rings (SSSR count). The molecule has 0 radical (unpaired) electrons. The molecule has 0 aliphatic carbocycles. The number of hydrogen-bond donors (Lipinski definition) is 3. The second-order valence-electron chi connectivity index (χ2n) is 8.24. The first kappa shape index (κ1) is 19.9. The lowest BCUT2D eigenvalue weighted by atomic mass is 9.82. The Kier molecular flexibility index (Phi) is 6.21. The maximum Gasteiger partial charge on any atom is 0.253 e. The number of nitrogens with zero attached hydrogens (tertiary/aromatic N) is 1. The molecule has 3 N–H and O–H groups in total. The van der Waals surface area contributed by atoms with Gasteiger partial charge in [-0.05, 0) is 56.7 Å². The SMILES string of the molecule is CCC1CNNC1C1CCN(C(=O)c2cccc(C#CC(C)(C)O)c2)CC1. The predicted octanol–water partition coefficient (Wildman–Crippen LogP) is 2.16. The lowest BCUT2D eigenvalue weighted by molar-refractivity contribution is 0.0663. The molecular weight excluding hydrogens is 338 g/mol. The number of benzene rings is 1. The van der Waals surface area contributed by atoms with Gasteiger partial charge >= 0.3 is 0 Å². The van der Waals surface area contributed by atoms with Gasteiger partial charge in [0, 0.05) is 36.8 Å². The molecule has 0 bridgehead atoms. The molecule has 146 valence electrons. The van der Waals surface area contributed by atoms with E-state index in [-0.39, 0.29) is 5.91 Å². The molecule has 1 aromatic rings. The van der Waals surface area contributed by atoms with Gasteiger partial charge in [-0.25, -0.2) is 0 Å². The Labute approximate surface area is 162 Å². The lowest BCUT2D eigenvalue weighted by Crippen LogP contribution is -2.46. The Morgan fingerprint density at radius 3 is 2.74 bits per heavy atom. The molecule has 2 fully saturated rings. The van der Waals surface area contributed by atoms with Crippen LogP contribution in [0.3, 0.4) is 0 Å². The number of piperidine rings is 1. The maximum atomic E-state index is 12.9. The van der Waals surface area contributed by atoms with Crippen molar-refractivity contribution >= 4 is 5.91 Å². The highest BCUT2D eigenvalue weighted by atomic mass is 16.3. The van der Waals surface area contributed by atoms with E-state index in [1.54, 1.807) is 13.8 Å². The van der Waals surface area contributed by atoms with Crippen LogP contribution in [0.25, 0.3) is 0 Å². The van der Waals surface area contributed by atoms with E-state index in [0.29, 0.717) is 23.4 Å². The summed E-state index contributed by atoms with van der Waals surface area (Å²) in [5.41, 5.74) is 7.13. The molecule has 1 amide bonds. The standard InChI is InChI=1S/C22H31N3O2/c1-4-17-15-23-24-20(17)18-9-12-25(13-10-18)21(26)19-7-5-6-16(14-19)8-11-22(2,3)27/h5-7,14,17-18,20,23-24,27H,4,9-10,12-13,15H2,1-3H3. The molecule has 0 spiro atoms. The van der Waals surface area contributed by atoms with Gasteiger partial charge in [-0.15, -0.1) is 0 Å². The normalized spacial score (nSPS) is 23.8. The molecule has 0 aromatic heterocycles. The monoisotopic (exact) mass is 369 g/mol. The van der Waals surface area contributed by atoms with Crippen molar-refractivity contribution in [3.63, 3.8) is 0 Å². The van der Waals surface area contributed by atoms with Crippen molar-refractivity contribution < 1.29 is 9.90 Å². The van der Waals surface area contributed by atoms with Crippen LogP contribution in [-0.4, -0.2) is 47.2 Å². The summed E-state index contributed by atoms with van der Waals surface area (Å²) >= 11 is 0. The number of likely N-dealkylation sites (tertiary alicyclic amines) is 1. The van der Waals surface area contributed by atoms with Gasteiger partial charge in [0.2, 0.25) is 0 Å². The van der Waals surface area contributed by atoms with Crippen LogP contribution in [0, 0.1) is 23.7 Å². The molecule has 2 aliphatic heterocycles. The number of aliphatic hydroxyl groups is 1. The zero-order chi connectivity index (χ0) is 19.4. The fraction of sp³-hybridized carbons (Fsp3) is 0.591. The highest BCUT2D eigenvalue weighted by Gasteiger charge is 2.35. The number of hydrazine groups is 1. The second kappa shape index (κ2) is 8.43. The Morgan fingerprint density at radius 1 is 1.33 bits per heavy atom. The van der Waals surface area contributed by atoms with Crippen LogP contribution in [-0.2, 0) is 0 Å². The molecule has 27 heavy (non-hydrogen) atoms. The number of nitrogens with one attached hydrogen (secondary N) is 2. The zero-order valence-corrected chi connectivity index (χ0v) is 16.6. The summed E-state index contributed by atoms with van der Waals surface area (Å²) in [6.45, 7) is 8.20. The van der Waals surface area contributed by atoms with Crippen molar-refractivity contribution in [2.75, 3.05) is 19.6 Å². The fourth-order valence-corrected chi connectivity index (χ4v) is 4.05. The van der Waals surface area contributed by atoms with Crippen LogP contribution < -0.4 is 10.9 Å². The van der Waals surface area contributed by atoms with E-state index in [9.17, 15) is 9.90 Å². The summed E-state index contributed by atoms with van der Waals surface area (Å²) in [6, 6.07) is 7.91. The number of rotatable bonds is 3. The van der Waals surface area contributed by atoms with Gasteiger partial charge in [0.25, 0.3) is 5.91 Å². The van der Waals surface area contributed by atoms with Gasteiger partial charge in [-0.2, -0.15) is 0 Å². The van der Waals surface area contributed by atoms with Crippen molar-refractivity contribution in [3.05, 3.63) is 35.4 Å². The zero-order valence-electron chi connectivity index (χ0n) is 16.6. The largest absolute Gasteiger partial charge is 0.378 e.